The molecule has 5 rings (SSSR count). The third kappa shape index (κ3) is 5.43. The number of allylic oxidation sites excluding steroid dienone is 6. The smallest absolute Gasteiger partial charge is 0.170 e. The second-order valence-corrected chi connectivity index (χ2v) is 12.8. The summed E-state index contributed by atoms with van der Waals surface area (Å²) in [7, 11) is 1.57. The van der Waals surface area contributed by atoms with Gasteiger partial charge >= 0.3 is 0 Å². The fraction of sp³-hybridized carbons (Fsp3) is 0.548. The highest BCUT2D eigenvalue weighted by atomic mass is 32.2. The summed E-state index contributed by atoms with van der Waals surface area (Å²) < 4.78 is 21.5. The van der Waals surface area contributed by atoms with Crippen molar-refractivity contribution in [2.75, 3.05) is 7.11 Å². The van der Waals surface area contributed by atoms with Gasteiger partial charge in [-0.3, -0.25) is 4.79 Å². The molecule has 1 aromatic carbocycles. The van der Waals surface area contributed by atoms with Gasteiger partial charge in [-0.1, -0.05) is 75.2 Å². The summed E-state index contributed by atoms with van der Waals surface area (Å²) >= 11 is 7.33. The van der Waals surface area contributed by atoms with Crippen LogP contribution in [0.1, 0.15) is 82.3 Å². The van der Waals surface area contributed by atoms with Crippen LogP contribution in [0, 0.1) is 29.5 Å². The number of ether oxygens (including phenoxy) is 1. The summed E-state index contributed by atoms with van der Waals surface area (Å²) in [4.78, 5) is 13.8. The molecule has 4 atom stereocenters. The monoisotopic (exact) mass is 524 g/mol. The fourth-order valence-electron chi connectivity index (χ4n) is 6.90. The van der Waals surface area contributed by atoms with Gasteiger partial charge < -0.3 is 4.74 Å². The van der Waals surface area contributed by atoms with E-state index >= 15 is 4.39 Å². The third-order valence-corrected chi connectivity index (χ3v) is 10.5. The molecule has 192 valence electrons. The molecular weight excluding hydrogens is 487 g/mol. The second-order valence-electron chi connectivity index (χ2n) is 11.0. The number of thioether (sulfide) groups is 1. The van der Waals surface area contributed by atoms with Gasteiger partial charge in [0.1, 0.15) is 11.6 Å². The lowest BCUT2D eigenvalue weighted by molar-refractivity contribution is -0.115. The molecule has 3 unspecified atom stereocenters. The Hall–Kier alpha value is -1.72. The minimum absolute atomic E-state index is 0.209. The number of thiocarbonyl (C=S) groups is 1. The van der Waals surface area contributed by atoms with Crippen LogP contribution in [0.5, 0.6) is 5.75 Å². The lowest BCUT2D eigenvalue weighted by atomic mass is 9.66. The summed E-state index contributed by atoms with van der Waals surface area (Å²) in [5.74, 6) is 3.41. The van der Waals surface area contributed by atoms with E-state index in [1.807, 2.05) is 31.2 Å². The van der Waals surface area contributed by atoms with E-state index < -0.39 is 0 Å². The number of rotatable bonds is 6. The zero-order valence-corrected chi connectivity index (χ0v) is 23.1. The molecule has 3 fully saturated rings. The number of carbonyl (C=O) groups is 1. The van der Waals surface area contributed by atoms with Crippen molar-refractivity contribution in [1.82, 2.24) is 0 Å². The Morgan fingerprint density at radius 3 is 2.72 bits per heavy atom. The summed E-state index contributed by atoms with van der Waals surface area (Å²) in [6, 6.07) is 3.64. The van der Waals surface area contributed by atoms with Crippen LogP contribution in [0.25, 0.3) is 5.57 Å². The highest BCUT2D eigenvalue weighted by Crippen LogP contribution is 2.46. The van der Waals surface area contributed by atoms with E-state index in [2.05, 4.69) is 0 Å². The Labute approximate surface area is 224 Å². The summed E-state index contributed by atoms with van der Waals surface area (Å²) in [6.07, 6.45) is 18.4. The molecule has 1 aliphatic heterocycles. The maximum Gasteiger partial charge on any atom is 0.170 e. The first kappa shape index (κ1) is 25.9. The lowest BCUT2D eigenvalue weighted by Gasteiger charge is -2.40. The van der Waals surface area contributed by atoms with E-state index in [1.165, 1.54) is 56.7 Å². The van der Waals surface area contributed by atoms with Gasteiger partial charge in [0.2, 0.25) is 0 Å². The number of benzene rings is 1. The van der Waals surface area contributed by atoms with Crippen LogP contribution in [-0.2, 0) is 11.2 Å². The molecule has 2 saturated carbocycles. The van der Waals surface area contributed by atoms with Crippen LogP contribution in [0.3, 0.4) is 0 Å². The zero-order valence-electron chi connectivity index (χ0n) is 21.5. The van der Waals surface area contributed by atoms with Crippen LogP contribution < -0.4 is 4.74 Å². The largest absolute Gasteiger partial charge is 0.496 e. The molecule has 3 aliphatic carbocycles. The Morgan fingerprint density at radius 2 is 1.94 bits per heavy atom. The maximum atomic E-state index is 15.2. The molecule has 0 amide bonds. The average Bonchev–Trinajstić information content (AvgIpc) is 3.34. The van der Waals surface area contributed by atoms with Crippen LogP contribution in [0.2, 0.25) is 0 Å². The number of fused-ring (bicyclic) bond motifs is 1. The standard InChI is InChI=1S/C31H37FO2S2/c1-3-25-28(34-2)13-12-26(30(25)32)23-11-9-20(15-23)17-29-27(33)18-24(31(35)36-29)16-19-8-10-21-6-4-5-7-22(21)14-19/h9,11-13,17,19,21-22,24H,3-8,10,14-16,18H2,1-2H3/b29-17-/t19?,21?,22?,24-/m0/s1. The van der Waals surface area contributed by atoms with E-state index in [0.717, 1.165) is 44.4 Å². The number of hydrogen-bond acceptors (Lipinski definition) is 4. The van der Waals surface area contributed by atoms with Gasteiger partial charge in [-0.25, -0.2) is 4.39 Å². The van der Waals surface area contributed by atoms with Crippen molar-refractivity contribution in [3.8, 4) is 5.75 Å². The number of ketones is 1. The van der Waals surface area contributed by atoms with E-state index in [-0.39, 0.29) is 17.5 Å². The van der Waals surface area contributed by atoms with Crippen molar-refractivity contribution < 1.29 is 13.9 Å². The SMILES string of the molecule is CCc1c(OC)ccc(C2=CC=C(/C=C3\SC(=S)[C@@H](CC4CCC5CCCCC5C4)CC3=O)C2)c1F. The van der Waals surface area contributed by atoms with Crippen molar-refractivity contribution in [2.45, 2.75) is 77.6 Å². The van der Waals surface area contributed by atoms with Crippen molar-refractivity contribution in [3.63, 3.8) is 0 Å². The first-order valence-electron chi connectivity index (χ1n) is 13.7. The number of halogens is 1. The summed E-state index contributed by atoms with van der Waals surface area (Å²) in [5.41, 5.74) is 3.19. The molecule has 0 N–H and O–H groups in total. The van der Waals surface area contributed by atoms with Crippen molar-refractivity contribution in [2.24, 2.45) is 23.7 Å². The quantitative estimate of drug-likeness (QED) is 0.275. The molecule has 5 heteroatoms. The Kier molecular flexibility index (Phi) is 8.17. The van der Waals surface area contributed by atoms with Crippen LogP contribution in [-0.4, -0.2) is 17.1 Å². The number of Topliss-reactive ketones (excluding diaryl/α,β-unsaturated/α-hetero) is 1. The Bertz CT molecular complexity index is 1130. The molecule has 0 radical (unpaired) electrons. The van der Waals surface area contributed by atoms with Crippen LogP contribution >= 0.6 is 24.0 Å². The maximum absolute atomic E-state index is 15.2. The first-order chi connectivity index (χ1) is 17.5. The molecule has 4 aliphatic rings. The van der Waals surface area contributed by atoms with Gasteiger partial charge in [0.25, 0.3) is 0 Å². The Balaban J connectivity index is 1.19. The molecule has 1 heterocycles. The summed E-state index contributed by atoms with van der Waals surface area (Å²) in [6.45, 7) is 1.94. The van der Waals surface area contributed by atoms with Gasteiger partial charge in [0, 0.05) is 23.5 Å². The van der Waals surface area contributed by atoms with Gasteiger partial charge in [-0.05, 0) is 79.2 Å². The van der Waals surface area contributed by atoms with Gasteiger partial charge in [0.15, 0.2) is 5.78 Å². The van der Waals surface area contributed by atoms with Crippen molar-refractivity contribution in [1.29, 1.82) is 0 Å². The van der Waals surface area contributed by atoms with Gasteiger partial charge in [0.05, 0.1) is 16.2 Å². The molecule has 1 aromatic rings. The van der Waals surface area contributed by atoms with E-state index in [1.54, 1.807) is 13.2 Å². The number of hydrogen-bond donors (Lipinski definition) is 0. The second kappa shape index (κ2) is 11.3. The average molecular weight is 525 g/mol. The van der Waals surface area contributed by atoms with E-state index in [0.29, 0.717) is 36.1 Å². The molecule has 36 heavy (non-hydrogen) atoms. The molecular formula is C31H37FO2S2. The van der Waals surface area contributed by atoms with Gasteiger partial charge in [-0.2, -0.15) is 0 Å². The minimum atomic E-state index is -0.209. The van der Waals surface area contributed by atoms with Crippen molar-refractivity contribution >= 4 is 39.5 Å². The predicted octanol–water partition coefficient (Wildman–Crippen LogP) is 8.64. The molecule has 0 bridgehead atoms. The number of carbonyl (C=O) groups excluding carboxylic acids is 1. The first-order valence-corrected chi connectivity index (χ1v) is 14.9. The van der Waals surface area contributed by atoms with E-state index in [9.17, 15) is 4.79 Å². The highest BCUT2D eigenvalue weighted by Gasteiger charge is 2.36. The summed E-state index contributed by atoms with van der Waals surface area (Å²) in [5, 5.41) is 0. The predicted molar refractivity (Wildman–Crippen MR) is 152 cm³/mol. The van der Waals surface area contributed by atoms with E-state index in [4.69, 9.17) is 17.0 Å². The van der Waals surface area contributed by atoms with Gasteiger partial charge in [-0.15, -0.1) is 0 Å². The minimum Gasteiger partial charge on any atom is -0.496 e. The Morgan fingerprint density at radius 1 is 1.14 bits per heavy atom. The lowest BCUT2D eigenvalue weighted by Crippen LogP contribution is -2.31. The van der Waals surface area contributed by atoms with Crippen molar-refractivity contribution in [3.05, 3.63) is 57.8 Å². The fourth-order valence-corrected chi connectivity index (χ4v) is 8.32. The zero-order chi connectivity index (χ0) is 25.2. The molecule has 0 aromatic heterocycles. The topological polar surface area (TPSA) is 26.3 Å². The molecule has 1 saturated heterocycles. The normalized spacial score (nSPS) is 29.7. The van der Waals surface area contributed by atoms with Crippen LogP contribution in [0.4, 0.5) is 4.39 Å². The highest BCUT2D eigenvalue weighted by molar-refractivity contribution is 8.26. The molecule has 0 spiro atoms. The molecule has 2 nitrogen and oxygen atoms in total. The van der Waals surface area contributed by atoms with Crippen LogP contribution in [0.15, 0.2) is 40.8 Å². The number of methoxy groups -OCH3 is 1. The third-order valence-electron chi connectivity index (χ3n) is 8.85.